The topological polar surface area (TPSA) is 79.5 Å². The Balaban J connectivity index is 1.60. The number of benzene rings is 3. The van der Waals surface area contributed by atoms with E-state index in [1.165, 1.54) is 13.2 Å². The minimum absolute atomic E-state index is 0.128. The fourth-order valence-electron chi connectivity index (χ4n) is 2.94. The van der Waals surface area contributed by atoms with Gasteiger partial charge in [0.15, 0.2) is 5.11 Å². The van der Waals surface area contributed by atoms with E-state index in [0.29, 0.717) is 33.3 Å². The van der Waals surface area contributed by atoms with Crippen molar-refractivity contribution in [3.05, 3.63) is 87.4 Å². The Bertz CT molecular complexity index is 1180. The summed E-state index contributed by atoms with van der Waals surface area (Å²) in [6.45, 7) is 1.85. The zero-order chi connectivity index (χ0) is 23.3. The average Bonchev–Trinajstić information content (AvgIpc) is 2.74. The molecular formula is C23H19Cl2N3O3S. The standard InChI is InChI=1S/C23H19Cl2N3O3S/c1-13-4-3-5-18(20(13)31-2)22(30)28-23(32)27-16-9-7-15(8-10-16)26-21(29)17-11-6-14(24)12-19(17)25/h3-12H,1-2H3,(H,26,29)(H2,27,28,30,32). The number of aryl methyl sites for hydroxylation is 1. The fourth-order valence-corrected chi connectivity index (χ4v) is 3.65. The summed E-state index contributed by atoms with van der Waals surface area (Å²) >= 11 is 17.2. The van der Waals surface area contributed by atoms with Crippen LogP contribution >= 0.6 is 35.4 Å². The van der Waals surface area contributed by atoms with Gasteiger partial charge in [0.05, 0.1) is 23.3 Å². The Morgan fingerprint density at radius 1 is 0.875 bits per heavy atom. The van der Waals surface area contributed by atoms with Crippen LogP contribution in [0.3, 0.4) is 0 Å². The predicted octanol–water partition coefficient (Wildman–Crippen LogP) is 5.69. The van der Waals surface area contributed by atoms with Gasteiger partial charge in [0.2, 0.25) is 0 Å². The highest BCUT2D eigenvalue weighted by Crippen LogP contribution is 2.24. The molecule has 3 aromatic carbocycles. The first-order valence-electron chi connectivity index (χ1n) is 9.41. The summed E-state index contributed by atoms with van der Waals surface area (Å²) in [5.74, 6) is -0.247. The zero-order valence-corrected chi connectivity index (χ0v) is 19.5. The third kappa shape index (κ3) is 5.76. The lowest BCUT2D eigenvalue weighted by atomic mass is 10.1. The molecule has 164 valence electrons. The lowest BCUT2D eigenvalue weighted by Crippen LogP contribution is -2.34. The Morgan fingerprint density at radius 2 is 1.53 bits per heavy atom. The summed E-state index contributed by atoms with van der Waals surface area (Å²) in [6, 6.07) is 16.8. The van der Waals surface area contributed by atoms with Crippen molar-refractivity contribution in [3.8, 4) is 5.75 Å². The summed E-state index contributed by atoms with van der Waals surface area (Å²) in [5, 5.41) is 9.17. The van der Waals surface area contributed by atoms with Gasteiger partial charge in [0.25, 0.3) is 11.8 Å². The van der Waals surface area contributed by atoms with Crippen LogP contribution in [-0.2, 0) is 0 Å². The van der Waals surface area contributed by atoms with Gasteiger partial charge in [-0.05, 0) is 73.2 Å². The highest BCUT2D eigenvalue weighted by atomic mass is 35.5. The van der Waals surface area contributed by atoms with E-state index in [9.17, 15) is 9.59 Å². The van der Waals surface area contributed by atoms with Gasteiger partial charge in [-0.15, -0.1) is 0 Å². The summed E-state index contributed by atoms with van der Waals surface area (Å²) in [6.07, 6.45) is 0. The largest absolute Gasteiger partial charge is 0.496 e. The van der Waals surface area contributed by atoms with Crippen LogP contribution in [0.25, 0.3) is 0 Å². The number of thiocarbonyl (C=S) groups is 1. The Hall–Kier alpha value is -3.13. The molecule has 0 aliphatic carbocycles. The number of carbonyl (C=O) groups excluding carboxylic acids is 2. The van der Waals surface area contributed by atoms with E-state index in [1.54, 1.807) is 48.5 Å². The Morgan fingerprint density at radius 3 is 2.16 bits per heavy atom. The van der Waals surface area contributed by atoms with E-state index in [0.717, 1.165) is 5.56 Å². The minimum Gasteiger partial charge on any atom is -0.496 e. The fraction of sp³-hybridized carbons (Fsp3) is 0.0870. The molecule has 0 saturated carbocycles. The van der Waals surface area contributed by atoms with E-state index < -0.39 is 0 Å². The van der Waals surface area contributed by atoms with Crippen LogP contribution in [-0.4, -0.2) is 24.0 Å². The molecule has 9 heteroatoms. The third-order valence-electron chi connectivity index (χ3n) is 4.46. The Kier molecular flexibility index (Phi) is 7.69. The highest BCUT2D eigenvalue weighted by Gasteiger charge is 2.15. The van der Waals surface area contributed by atoms with E-state index in [-0.39, 0.29) is 21.9 Å². The molecule has 3 rings (SSSR count). The lowest BCUT2D eigenvalue weighted by molar-refractivity contribution is 0.0973. The monoisotopic (exact) mass is 487 g/mol. The summed E-state index contributed by atoms with van der Waals surface area (Å²) in [7, 11) is 1.51. The SMILES string of the molecule is COc1c(C)cccc1C(=O)NC(=S)Nc1ccc(NC(=O)c2ccc(Cl)cc2Cl)cc1. The second kappa shape index (κ2) is 10.5. The van der Waals surface area contributed by atoms with Gasteiger partial charge in [-0.2, -0.15) is 0 Å². The van der Waals surface area contributed by atoms with Gasteiger partial charge in [-0.3, -0.25) is 14.9 Å². The third-order valence-corrected chi connectivity index (χ3v) is 5.22. The average molecular weight is 488 g/mol. The maximum atomic E-state index is 12.6. The molecule has 0 spiro atoms. The smallest absolute Gasteiger partial charge is 0.261 e. The van der Waals surface area contributed by atoms with Crippen molar-refractivity contribution in [3.63, 3.8) is 0 Å². The van der Waals surface area contributed by atoms with Crippen LogP contribution < -0.4 is 20.7 Å². The molecule has 0 fully saturated rings. The van der Waals surface area contributed by atoms with Crippen LogP contribution in [0.1, 0.15) is 26.3 Å². The van der Waals surface area contributed by atoms with Crippen molar-refractivity contribution in [1.82, 2.24) is 5.32 Å². The molecule has 0 aromatic heterocycles. The quantitative estimate of drug-likeness (QED) is 0.402. The van der Waals surface area contributed by atoms with Gasteiger partial charge in [-0.25, -0.2) is 0 Å². The van der Waals surface area contributed by atoms with Crippen LogP contribution in [0, 0.1) is 6.92 Å². The van der Waals surface area contributed by atoms with Crippen molar-refractivity contribution in [2.75, 3.05) is 17.7 Å². The number of anilines is 2. The molecule has 0 atom stereocenters. The maximum Gasteiger partial charge on any atom is 0.261 e. The number of rotatable bonds is 5. The van der Waals surface area contributed by atoms with Crippen molar-refractivity contribution >= 4 is 63.7 Å². The van der Waals surface area contributed by atoms with Crippen LogP contribution in [0.15, 0.2) is 60.7 Å². The second-order valence-corrected chi connectivity index (χ2v) is 7.97. The van der Waals surface area contributed by atoms with Crippen LogP contribution in [0.4, 0.5) is 11.4 Å². The molecule has 0 bridgehead atoms. The van der Waals surface area contributed by atoms with E-state index in [4.69, 9.17) is 40.2 Å². The maximum absolute atomic E-state index is 12.6. The number of nitrogens with one attached hydrogen (secondary N) is 3. The second-order valence-electron chi connectivity index (χ2n) is 6.72. The van der Waals surface area contributed by atoms with Crippen molar-refractivity contribution in [2.24, 2.45) is 0 Å². The lowest BCUT2D eigenvalue weighted by Gasteiger charge is -2.13. The normalized spacial score (nSPS) is 10.2. The van der Waals surface area contributed by atoms with Crippen LogP contribution in [0.5, 0.6) is 5.75 Å². The molecule has 0 heterocycles. The molecule has 0 aliphatic rings. The molecule has 6 nitrogen and oxygen atoms in total. The first-order chi connectivity index (χ1) is 15.3. The van der Waals surface area contributed by atoms with E-state index >= 15 is 0 Å². The van der Waals surface area contributed by atoms with Crippen molar-refractivity contribution in [2.45, 2.75) is 6.92 Å². The molecule has 3 N–H and O–H groups in total. The number of ether oxygens (including phenoxy) is 1. The number of hydrogen-bond donors (Lipinski definition) is 3. The first kappa shape index (κ1) is 23.5. The highest BCUT2D eigenvalue weighted by molar-refractivity contribution is 7.80. The van der Waals surface area contributed by atoms with Crippen molar-refractivity contribution < 1.29 is 14.3 Å². The van der Waals surface area contributed by atoms with E-state index in [1.807, 2.05) is 13.0 Å². The Labute approximate surface area is 200 Å². The molecule has 0 radical (unpaired) electrons. The van der Waals surface area contributed by atoms with Gasteiger partial charge >= 0.3 is 0 Å². The molecule has 2 amide bonds. The number of hydrogen-bond acceptors (Lipinski definition) is 4. The van der Waals surface area contributed by atoms with Gasteiger partial charge in [0, 0.05) is 16.4 Å². The van der Waals surface area contributed by atoms with Gasteiger partial charge in [-0.1, -0.05) is 35.3 Å². The molecule has 0 saturated heterocycles. The molecule has 3 aromatic rings. The summed E-state index contributed by atoms with van der Waals surface area (Å²) in [4.78, 5) is 25.0. The molecule has 32 heavy (non-hydrogen) atoms. The number of para-hydroxylation sites is 1. The number of methoxy groups -OCH3 is 1. The predicted molar refractivity (Wildman–Crippen MR) is 132 cm³/mol. The molecule has 0 unspecified atom stereocenters. The van der Waals surface area contributed by atoms with Crippen molar-refractivity contribution in [1.29, 1.82) is 0 Å². The molecular weight excluding hydrogens is 469 g/mol. The number of carbonyl (C=O) groups is 2. The summed E-state index contributed by atoms with van der Waals surface area (Å²) < 4.78 is 5.31. The number of amides is 2. The van der Waals surface area contributed by atoms with Gasteiger partial charge in [0.1, 0.15) is 5.75 Å². The summed E-state index contributed by atoms with van der Waals surface area (Å²) in [5.41, 5.74) is 2.74. The van der Waals surface area contributed by atoms with Crippen LogP contribution in [0.2, 0.25) is 10.0 Å². The number of halogens is 2. The zero-order valence-electron chi connectivity index (χ0n) is 17.2. The minimum atomic E-state index is -0.383. The van der Waals surface area contributed by atoms with E-state index in [2.05, 4.69) is 16.0 Å². The van der Waals surface area contributed by atoms with Gasteiger partial charge < -0.3 is 15.4 Å². The first-order valence-corrected chi connectivity index (χ1v) is 10.6. The molecule has 0 aliphatic heterocycles.